The molecular formula is C9H19NaO4P-. The molecule has 0 aliphatic carbocycles. The van der Waals surface area contributed by atoms with Gasteiger partial charge in [-0.1, -0.05) is 45.4 Å². The minimum absolute atomic E-state index is 0. The molecule has 6 heteroatoms. The van der Waals surface area contributed by atoms with Gasteiger partial charge in [-0.2, -0.15) is 0 Å². The van der Waals surface area contributed by atoms with Crippen molar-refractivity contribution in [1.29, 1.82) is 0 Å². The van der Waals surface area contributed by atoms with Crippen LogP contribution in [0.1, 0.15) is 51.9 Å². The van der Waals surface area contributed by atoms with E-state index in [4.69, 9.17) is 0 Å². The second-order valence-electron chi connectivity index (χ2n) is 3.40. The molecule has 0 heterocycles. The van der Waals surface area contributed by atoms with Gasteiger partial charge in [0.25, 0.3) is 0 Å². The van der Waals surface area contributed by atoms with Crippen LogP contribution in [0.25, 0.3) is 0 Å². The van der Waals surface area contributed by atoms with E-state index in [-0.39, 0.29) is 36.2 Å². The molecule has 0 aliphatic heterocycles. The van der Waals surface area contributed by atoms with Crippen molar-refractivity contribution in [2.24, 2.45) is 0 Å². The minimum Gasteiger partial charge on any atom is -0.790 e. The molecule has 0 spiro atoms. The summed E-state index contributed by atoms with van der Waals surface area (Å²) in [5, 5.41) is 0. The van der Waals surface area contributed by atoms with E-state index >= 15 is 0 Å². The fourth-order valence-electron chi connectivity index (χ4n) is 1.24. The number of hydrogen-bond donors (Lipinski definition) is 0. The fraction of sp³-hybridized carbons (Fsp3) is 1.00. The molecule has 15 heavy (non-hydrogen) atoms. The van der Waals surface area contributed by atoms with Crippen molar-refractivity contribution in [3.8, 4) is 0 Å². The van der Waals surface area contributed by atoms with Gasteiger partial charge >= 0.3 is 29.6 Å². The van der Waals surface area contributed by atoms with Crippen LogP contribution in [-0.2, 0) is 9.09 Å². The Balaban J connectivity index is 0. The van der Waals surface area contributed by atoms with Gasteiger partial charge in [0, 0.05) is 0 Å². The molecule has 86 valence electrons. The second-order valence-corrected chi connectivity index (χ2v) is 4.55. The van der Waals surface area contributed by atoms with Crippen LogP contribution in [0, 0.1) is 0 Å². The molecule has 0 saturated carbocycles. The molecule has 0 fully saturated rings. The number of unbranched alkanes of at least 4 members (excludes halogenated alkanes) is 6. The topological polar surface area (TPSA) is 72.4 Å². The van der Waals surface area contributed by atoms with E-state index < -0.39 is 7.82 Å². The summed E-state index contributed by atoms with van der Waals surface area (Å²) in [6.45, 7) is 2.20. The molecule has 4 nitrogen and oxygen atoms in total. The summed E-state index contributed by atoms with van der Waals surface area (Å²) >= 11 is 0. The third-order valence-corrected chi connectivity index (χ3v) is 2.50. The summed E-state index contributed by atoms with van der Waals surface area (Å²) in [5.74, 6) is 0. The van der Waals surface area contributed by atoms with E-state index in [9.17, 15) is 14.4 Å². The Hall–Kier alpha value is 1.11. The summed E-state index contributed by atoms with van der Waals surface area (Å²) in [6.07, 6.45) is 7.57. The summed E-state index contributed by atoms with van der Waals surface area (Å²) < 4.78 is 14.2. The molecule has 0 rings (SSSR count). The minimum atomic E-state index is -4.73. The molecule has 0 atom stereocenters. The maximum Gasteiger partial charge on any atom is 1.00 e. The predicted octanol–water partition coefficient (Wildman–Crippen LogP) is -1.41. The smallest absolute Gasteiger partial charge is 0.790 e. The molecule has 0 aromatic heterocycles. The van der Waals surface area contributed by atoms with Crippen LogP contribution in [0.5, 0.6) is 0 Å². The van der Waals surface area contributed by atoms with Gasteiger partial charge in [0.2, 0.25) is 0 Å². The van der Waals surface area contributed by atoms with Crippen molar-refractivity contribution >= 4 is 7.82 Å². The van der Waals surface area contributed by atoms with Crippen molar-refractivity contribution in [2.45, 2.75) is 51.9 Å². The van der Waals surface area contributed by atoms with Crippen LogP contribution in [-0.4, -0.2) is 6.61 Å². The van der Waals surface area contributed by atoms with E-state index in [2.05, 4.69) is 11.4 Å². The maximum atomic E-state index is 10.1. The summed E-state index contributed by atoms with van der Waals surface area (Å²) in [7, 11) is -4.73. The SMILES string of the molecule is CCCCCCCCCOP(=O)([O-])[O-].[Na+]. The van der Waals surface area contributed by atoms with E-state index in [1.54, 1.807) is 0 Å². The molecule has 0 aliphatic rings. The number of phosphoric acid groups is 1. The molecule has 0 aromatic rings. The van der Waals surface area contributed by atoms with Crippen LogP contribution < -0.4 is 39.3 Å². The largest absolute Gasteiger partial charge is 1.00 e. The van der Waals surface area contributed by atoms with Crippen LogP contribution in [0.4, 0.5) is 0 Å². The second kappa shape index (κ2) is 11.6. The zero-order valence-corrected chi connectivity index (χ0v) is 12.6. The van der Waals surface area contributed by atoms with Gasteiger partial charge in [-0.15, -0.1) is 0 Å². The third-order valence-electron chi connectivity index (χ3n) is 2.00. The van der Waals surface area contributed by atoms with E-state index in [1.807, 2.05) is 0 Å². The molecule has 0 N–H and O–H groups in total. The Labute approximate surface area is 114 Å². The van der Waals surface area contributed by atoms with Gasteiger partial charge in [0.1, 0.15) is 0 Å². The number of phosphoric ester groups is 1. The molecule has 0 amide bonds. The third kappa shape index (κ3) is 17.7. The normalized spacial score (nSPS) is 11.1. The Morgan fingerprint density at radius 2 is 1.47 bits per heavy atom. The monoisotopic (exact) mass is 245 g/mol. The summed E-state index contributed by atoms with van der Waals surface area (Å²) in [4.78, 5) is 20.1. The molecule has 0 bridgehead atoms. The van der Waals surface area contributed by atoms with Gasteiger partial charge in [-0.05, 0) is 6.42 Å². The predicted molar refractivity (Wildman–Crippen MR) is 51.6 cm³/mol. The van der Waals surface area contributed by atoms with Gasteiger partial charge < -0.3 is 18.9 Å². The molecular weight excluding hydrogens is 226 g/mol. The summed E-state index contributed by atoms with van der Waals surface area (Å²) in [6, 6.07) is 0. The van der Waals surface area contributed by atoms with Crippen molar-refractivity contribution in [3.05, 3.63) is 0 Å². The quantitative estimate of drug-likeness (QED) is 0.284. The molecule has 0 saturated heterocycles. The Morgan fingerprint density at radius 1 is 1.00 bits per heavy atom. The van der Waals surface area contributed by atoms with E-state index in [1.165, 1.54) is 25.7 Å². The van der Waals surface area contributed by atoms with Crippen molar-refractivity contribution in [2.75, 3.05) is 6.61 Å². The maximum absolute atomic E-state index is 10.1. The first-order chi connectivity index (χ1) is 6.56. The molecule has 0 unspecified atom stereocenters. The van der Waals surface area contributed by atoms with E-state index in [0.29, 0.717) is 6.42 Å². The standard InChI is InChI=1S/C9H21O4P.Na/c1-2-3-4-5-6-7-8-9-13-14(10,11)12;/h2-9H2,1H3,(H2,10,11,12);/q;+1/p-2. The van der Waals surface area contributed by atoms with Crippen LogP contribution in [0.3, 0.4) is 0 Å². The first-order valence-corrected chi connectivity index (χ1v) is 6.69. The van der Waals surface area contributed by atoms with Gasteiger partial charge in [0.15, 0.2) is 0 Å². The molecule has 0 radical (unpaired) electrons. The van der Waals surface area contributed by atoms with Crippen LogP contribution in [0.15, 0.2) is 0 Å². The Kier molecular flexibility index (Phi) is 14.3. The first kappa shape index (κ1) is 18.5. The van der Waals surface area contributed by atoms with Crippen molar-refractivity contribution in [3.63, 3.8) is 0 Å². The Morgan fingerprint density at radius 3 is 1.93 bits per heavy atom. The zero-order valence-electron chi connectivity index (χ0n) is 9.74. The number of hydrogen-bond acceptors (Lipinski definition) is 4. The zero-order chi connectivity index (χ0) is 10.9. The average Bonchev–Trinajstić information content (AvgIpc) is 2.08. The molecule has 0 aromatic carbocycles. The Bertz CT molecular complexity index is 171. The fourth-order valence-corrected chi connectivity index (χ4v) is 1.59. The van der Waals surface area contributed by atoms with Crippen LogP contribution >= 0.6 is 7.82 Å². The van der Waals surface area contributed by atoms with Crippen molar-refractivity contribution < 1.29 is 48.4 Å². The van der Waals surface area contributed by atoms with Gasteiger partial charge in [0.05, 0.1) is 14.4 Å². The number of rotatable bonds is 9. The van der Waals surface area contributed by atoms with E-state index in [0.717, 1.165) is 12.8 Å². The average molecular weight is 245 g/mol. The van der Waals surface area contributed by atoms with Crippen LogP contribution in [0.2, 0.25) is 0 Å². The van der Waals surface area contributed by atoms with Gasteiger partial charge in [-0.3, -0.25) is 0 Å². The first-order valence-electron chi connectivity index (χ1n) is 5.23. The van der Waals surface area contributed by atoms with Gasteiger partial charge in [-0.25, -0.2) is 0 Å². The van der Waals surface area contributed by atoms with Crippen molar-refractivity contribution in [1.82, 2.24) is 0 Å². The summed E-state index contributed by atoms with van der Waals surface area (Å²) in [5.41, 5.74) is 0.